The summed E-state index contributed by atoms with van der Waals surface area (Å²) in [7, 11) is 0. The van der Waals surface area contributed by atoms with Crippen molar-refractivity contribution in [3.8, 4) is 0 Å². The highest BCUT2D eigenvalue weighted by atomic mass is 35.5. The monoisotopic (exact) mass is 243 g/mol. The molecule has 0 aliphatic carbocycles. The number of nitro benzene ring substituents is 1. The summed E-state index contributed by atoms with van der Waals surface area (Å²) in [6.07, 6.45) is 0.715. The van der Waals surface area contributed by atoms with Gasteiger partial charge in [0.1, 0.15) is 5.02 Å². The van der Waals surface area contributed by atoms with Crippen molar-refractivity contribution in [2.45, 2.75) is 13.3 Å². The summed E-state index contributed by atoms with van der Waals surface area (Å²) in [6, 6.07) is 3.74. The predicted octanol–water partition coefficient (Wildman–Crippen LogP) is 2.82. The standard InChI is InChI=1S/C10H10ClNO4/c1-2-5-16-10(13)7-3-4-9(12(14)15)8(11)6-7/h3-4,6H,2,5H2,1H3. The molecule has 0 aromatic heterocycles. The van der Waals surface area contributed by atoms with Crippen LogP contribution in [0.3, 0.4) is 0 Å². The molecule has 0 spiro atoms. The summed E-state index contributed by atoms with van der Waals surface area (Å²) in [5.74, 6) is -0.529. The molecule has 0 amide bonds. The number of benzene rings is 1. The number of carbonyl (C=O) groups is 1. The van der Waals surface area contributed by atoms with Crippen molar-refractivity contribution in [1.29, 1.82) is 0 Å². The Bertz CT molecular complexity index is 419. The van der Waals surface area contributed by atoms with Crippen LogP contribution in [0.5, 0.6) is 0 Å². The van der Waals surface area contributed by atoms with Gasteiger partial charge in [-0.1, -0.05) is 18.5 Å². The SMILES string of the molecule is CCCOC(=O)c1ccc([N+](=O)[O-])c(Cl)c1. The zero-order valence-corrected chi connectivity index (χ0v) is 9.36. The maximum absolute atomic E-state index is 11.4. The van der Waals surface area contributed by atoms with Crippen LogP contribution in [0.2, 0.25) is 5.02 Å². The molecule has 0 saturated carbocycles. The number of halogens is 1. The van der Waals surface area contributed by atoms with Crippen LogP contribution in [0.1, 0.15) is 23.7 Å². The number of carbonyl (C=O) groups excluding carboxylic acids is 1. The van der Waals surface area contributed by atoms with E-state index in [9.17, 15) is 14.9 Å². The topological polar surface area (TPSA) is 69.4 Å². The van der Waals surface area contributed by atoms with Gasteiger partial charge in [-0.15, -0.1) is 0 Å². The zero-order valence-electron chi connectivity index (χ0n) is 8.60. The first kappa shape index (κ1) is 12.4. The van der Waals surface area contributed by atoms with E-state index in [4.69, 9.17) is 16.3 Å². The second-order valence-electron chi connectivity index (χ2n) is 3.06. The van der Waals surface area contributed by atoms with E-state index in [1.54, 1.807) is 0 Å². The minimum Gasteiger partial charge on any atom is -0.462 e. The molecule has 0 N–H and O–H groups in total. The van der Waals surface area contributed by atoms with Gasteiger partial charge < -0.3 is 4.74 Å². The fraction of sp³-hybridized carbons (Fsp3) is 0.300. The lowest BCUT2D eigenvalue weighted by atomic mass is 10.2. The average molecular weight is 244 g/mol. The van der Waals surface area contributed by atoms with Crippen molar-refractivity contribution < 1.29 is 14.5 Å². The van der Waals surface area contributed by atoms with Gasteiger partial charge in [0, 0.05) is 6.07 Å². The lowest BCUT2D eigenvalue weighted by Gasteiger charge is -2.03. The molecule has 1 aromatic carbocycles. The maximum Gasteiger partial charge on any atom is 0.338 e. The molecule has 0 radical (unpaired) electrons. The highest BCUT2D eigenvalue weighted by Crippen LogP contribution is 2.25. The summed E-state index contributed by atoms with van der Waals surface area (Å²) in [6.45, 7) is 2.18. The van der Waals surface area contributed by atoms with Crippen LogP contribution >= 0.6 is 11.6 Å². The molecule has 6 heteroatoms. The minimum atomic E-state index is -0.608. The van der Waals surface area contributed by atoms with E-state index in [1.807, 2.05) is 6.92 Å². The van der Waals surface area contributed by atoms with E-state index in [-0.39, 0.29) is 16.3 Å². The van der Waals surface area contributed by atoms with Crippen LogP contribution in [0, 0.1) is 10.1 Å². The molecule has 1 aromatic rings. The second-order valence-corrected chi connectivity index (χ2v) is 3.47. The van der Waals surface area contributed by atoms with Gasteiger partial charge >= 0.3 is 5.97 Å². The fourth-order valence-corrected chi connectivity index (χ4v) is 1.31. The molecule has 5 nitrogen and oxygen atoms in total. The number of esters is 1. The Kier molecular flexibility index (Phi) is 4.25. The molecule has 16 heavy (non-hydrogen) atoms. The summed E-state index contributed by atoms with van der Waals surface area (Å²) in [4.78, 5) is 21.3. The van der Waals surface area contributed by atoms with E-state index in [2.05, 4.69) is 0 Å². The Morgan fingerprint density at radius 3 is 2.75 bits per heavy atom. The zero-order chi connectivity index (χ0) is 12.1. The van der Waals surface area contributed by atoms with Gasteiger partial charge in [0.2, 0.25) is 0 Å². The van der Waals surface area contributed by atoms with Gasteiger partial charge in [0.25, 0.3) is 5.69 Å². The maximum atomic E-state index is 11.4. The number of hydrogen-bond donors (Lipinski definition) is 0. The molecule has 0 bridgehead atoms. The van der Waals surface area contributed by atoms with Gasteiger partial charge in [0.15, 0.2) is 0 Å². The smallest absolute Gasteiger partial charge is 0.338 e. The Morgan fingerprint density at radius 2 is 2.25 bits per heavy atom. The Morgan fingerprint density at radius 1 is 1.56 bits per heavy atom. The number of rotatable bonds is 4. The normalized spacial score (nSPS) is 9.88. The fourth-order valence-electron chi connectivity index (χ4n) is 1.06. The van der Waals surface area contributed by atoms with E-state index in [0.717, 1.165) is 0 Å². The largest absolute Gasteiger partial charge is 0.462 e. The van der Waals surface area contributed by atoms with Gasteiger partial charge in [-0.2, -0.15) is 0 Å². The quantitative estimate of drug-likeness (QED) is 0.463. The Balaban J connectivity index is 2.88. The van der Waals surface area contributed by atoms with Gasteiger partial charge in [-0.05, 0) is 18.6 Å². The molecule has 1 rings (SSSR count). The number of nitro groups is 1. The van der Waals surface area contributed by atoms with Crippen molar-refractivity contribution in [3.63, 3.8) is 0 Å². The van der Waals surface area contributed by atoms with Gasteiger partial charge in [0.05, 0.1) is 17.1 Å². The lowest BCUT2D eigenvalue weighted by molar-refractivity contribution is -0.384. The van der Waals surface area contributed by atoms with Crippen LogP contribution in [-0.2, 0) is 4.74 Å². The molecule has 0 aliphatic heterocycles. The molecular formula is C10H10ClNO4. The van der Waals surface area contributed by atoms with Gasteiger partial charge in [-0.3, -0.25) is 10.1 Å². The summed E-state index contributed by atoms with van der Waals surface area (Å²) in [5, 5.41) is 10.4. The predicted molar refractivity (Wildman–Crippen MR) is 58.7 cm³/mol. The molecule has 0 fully saturated rings. The number of nitrogens with zero attached hydrogens (tertiary/aromatic N) is 1. The summed E-state index contributed by atoms with van der Waals surface area (Å²) >= 11 is 5.65. The minimum absolute atomic E-state index is 0.0732. The van der Waals surface area contributed by atoms with Crippen LogP contribution in [0.15, 0.2) is 18.2 Å². The summed E-state index contributed by atoms with van der Waals surface area (Å²) in [5.41, 5.74) is -0.0160. The Hall–Kier alpha value is -1.62. The van der Waals surface area contributed by atoms with Crippen molar-refractivity contribution in [1.82, 2.24) is 0 Å². The van der Waals surface area contributed by atoms with Crippen LogP contribution in [0.25, 0.3) is 0 Å². The second kappa shape index (κ2) is 5.46. The lowest BCUT2D eigenvalue weighted by Crippen LogP contribution is -2.06. The van der Waals surface area contributed by atoms with E-state index in [0.29, 0.717) is 13.0 Å². The third kappa shape index (κ3) is 2.93. The first-order chi connectivity index (χ1) is 7.56. The molecule has 86 valence electrons. The van der Waals surface area contributed by atoms with Crippen LogP contribution < -0.4 is 0 Å². The number of hydrogen-bond acceptors (Lipinski definition) is 4. The van der Waals surface area contributed by atoms with E-state index in [1.165, 1.54) is 18.2 Å². The average Bonchev–Trinajstić information content (AvgIpc) is 2.25. The van der Waals surface area contributed by atoms with Crippen LogP contribution in [-0.4, -0.2) is 17.5 Å². The summed E-state index contributed by atoms with van der Waals surface area (Å²) < 4.78 is 4.87. The van der Waals surface area contributed by atoms with E-state index >= 15 is 0 Å². The third-order valence-electron chi connectivity index (χ3n) is 1.82. The third-order valence-corrected chi connectivity index (χ3v) is 2.12. The van der Waals surface area contributed by atoms with Gasteiger partial charge in [-0.25, -0.2) is 4.79 Å². The Labute approximate surface area is 97.1 Å². The molecule has 0 aliphatic rings. The van der Waals surface area contributed by atoms with E-state index < -0.39 is 10.9 Å². The highest BCUT2D eigenvalue weighted by Gasteiger charge is 2.15. The van der Waals surface area contributed by atoms with Crippen LogP contribution in [0.4, 0.5) is 5.69 Å². The molecule has 0 atom stereocenters. The van der Waals surface area contributed by atoms with Crippen molar-refractivity contribution in [3.05, 3.63) is 38.9 Å². The molecular weight excluding hydrogens is 234 g/mol. The highest BCUT2D eigenvalue weighted by molar-refractivity contribution is 6.33. The number of ether oxygens (including phenoxy) is 1. The van der Waals surface area contributed by atoms with Crippen molar-refractivity contribution >= 4 is 23.3 Å². The van der Waals surface area contributed by atoms with Crippen molar-refractivity contribution in [2.24, 2.45) is 0 Å². The molecule has 0 saturated heterocycles. The first-order valence-electron chi connectivity index (χ1n) is 4.67. The van der Waals surface area contributed by atoms with Crippen molar-refractivity contribution in [2.75, 3.05) is 6.61 Å². The molecule has 0 unspecified atom stereocenters. The molecule has 0 heterocycles. The first-order valence-corrected chi connectivity index (χ1v) is 5.05.